The normalized spacial score (nSPS) is 9.33. The van der Waals surface area contributed by atoms with E-state index >= 15 is 0 Å². The summed E-state index contributed by atoms with van der Waals surface area (Å²) in [5.74, 6) is 12.8. The molecule has 0 aromatic heterocycles. The highest BCUT2D eigenvalue weighted by molar-refractivity contribution is 5.42. The molecule has 114 valence electrons. The Balaban J connectivity index is 1.58. The van der Waals surface area contributed by atoms with Gasteiger partial charge in [0.05, 0.1) is 0 Å². The molecular weight excluding hydrogens is 288 g/mol. The predicted molar refractivity (Wildman–Crippen MR) is 100 cm³/mol. The highest BCUT2D eigenvalue weighted by Gasteiger charge is 1.90. The van der Waals surface area contributed by atoms with Gasteiger partial charge in [-0.25, -0.2) is 0 Å². The highest BCUT2D eigenvalue weighted by atomic mass is 13.9. The van der Waals surface area contributed by atoms with E-state index < -0.39 is 0 Å². The second-order valence-corrected chi connectivity index (χ2v) is 5.51. The van der Waals surface area contributed by atoms with Crippen LogP contribution in [0, 0.1) is 23.7 Å². The van der Waals surface area contributed by atoms with Gasteiger partial charge in [0, 0.05) is 24.0 Å². The largest absolute Gasteiger partial charge is 0.0931 e. The SMILES string of the molecule is C(#Cc1ccc(C#CCc2ccccc2)cc1)Cc1ccccc1. The topological polar surface area (TPSA) is 0 Å². The van der Waals surface area contributed by atoms with Gasteiger partial charge in [-0.1, -0.05) is 84.3 Å². The summed E-state index contributed by atoms with van der Waals surface area (Å²) in [6, 6.07) is 28.7. The fourth-order valence-corrected chi connectivity index (χ4v) is 2.33. The van der Waals surface area contributed by atoms with Crippen molar-refractivity contribution in [3.63, 3.8) is 0 Å². The van der Waals surface area contributed by atoms with Gasteiger partial charge in [-0.15, -0.1) is 0 Å². The molecule has 3 aromatic carbocycles. The lowest BCUT2D eigenvalue weighted by Crippen LogP contribution is -1.82. The minimum atomic E-state index is 0.777. The van der Waals surface area contributed by atoms with E-state index in [2.05, 4.69) is 47.9 Å². The molecule has 0 aliphatic rings. The van der Waals surface area contributed by atoms with Crippen LogP contribution in [-0.4, -0.2) is 0 Å². The van der Waals surface area contributed by atoms with Gasteiger partial charge in [0.15, 0.2) is 0 Å². The van der Waals surface area contributed by atoms with Crippen molar-refractivity contribution >= 4 is 0 Å². The molecule has 24 heavy (non-hydrogen) atoms. The van der Waals surface area contributed by atoms with Crippen LogP contribution in [0.5, 0.6) is 0 Å². The first kappa shape index (κ1) is 15.7. The van der Waals surface area contributed by atoms with E-state index in [4.69, 9.17) is 0 Å². The summed E-state index contributed by atoms with van der Waals surface area (Å²) in [7, 11) is 0. The average molecular weight is 306 g/mol. The predicted octanol–water partition coefficient (Wildman–Crippen LogP) is 4.88. The van der Waals surface area contributed by atoms with Gasteiger partial charge >= 0.3 is 0 Å². The monoisotopic (exact) mass is 306 g/mol. The molecular formula is C24H18. The van der Waals surface area contributed by atoms with E-state index in [-0.39, 0.29) is 0 Å². The smallest absolute Gasteiger partial charge is 0.0344 e. The number of hydrogen-bond acceptors (Lipinski definition) is 0. The Morgan fingerprint density at radius 3 is 1.21 bits per heavy atom. The molecule has 0 bridgehead atoms. The third kappa shape index (κ3) is 4.91. The summed E-state index contributed by atoms with van der Waals surface area (Å²) in [5.41, 5.74) is 4.54. The first-order chi connectivity index (χ1) is 11.9. The van der Waals surface area contributed by atoms with Gasteiger partial charge in [-0.3, -0.25) is 0 Å². The first-order valence-electron chi connectivity index (χ1n) is 8.06. The summed E-state index contributed by atoms with van der Waals surface area (Å²) in [6.07, 6.45) is 1.55. The molecule has 0 nitrogen and oxygen atoms in total. The lowest BCUT2D eigenvalue weighted by atomic mass is 10.1. The minimum absolute atomic E-state index is 0.777. The molecule has 0 unspecified atom stereocenters. The van der Waals surface area contributed by atoms with Crippen LogP contribution in [0.15, 0.2) is 84.9 Å². The Bertz CT molecular complexity index is 802. The molecule has 0 heteroatoms. The Morgan fingerprint density at radius 2 is 0.833 bits per heavy atom. The maximum absolute atomic E-state index is 3.22. The van der Waals surface area contributed by atoms with Gasteiger partial charge in [0.2, 0.25) is 0 Å². The summed E-state index contributed by atoms with van der Waals surface area (Å²) >= 11 is 0. The molecule has 0 spiro atoms. The molecule has 0 saturated carbocycles. The minimum Gasteiger partial charge on any atom is -0.0931 e. The maximum atomic E-state index is 3.22. The van der Waals surface area contributed by atoms with Gasteiger partial charge in [-0.2, -0.15) is 0 Å². The average Bonchev–Trinajstić information content (AvgIpc) is 2.65. The molecule has 0 radical (unpaired) electrons. The number of hydrogen-bond donors (Lipinski definition) is 0. The lowest BCUT2D eigenvalue weighted by Gasteiger charge is -1.94. The fraction of sp³-hybridized carbons (Fsp3) is 0.0833. The third-order valence-corrected chi connectivity index (χ3v) is 3.62. The first-order valence-corrected chi connectivity index (χ1v) is 8.06. The summed E-state index contributed by atoms with van der Waals surface area (Å²) in [6.45, 7) is 0. The molecule has 0 heterocycles. The van der Waals surface area contributed by atoms with Crippen LogP contribution in [0.4, 0.5) is 0 Å². The quantitative estimate of drug-likeness (QED) is 0.592. The highest BCUT2D eigenvalue weighted by Crippen LogP contribution is 2.04. The summed E-state index contributed by atoms with van der Waals surface area (Å²) < 4.78 is 0. The van der Waals surface area contributed by atoms with Crippen molar-refractivity contribution in [2.24, 2.45) is 0 Å². The Kier molecular flexibility index (Phi) is 5.50. The summed E-state index contributed by atoms with van der Waals surface area (Å²) in [4.78, 5) is 0. The molecule has 3 aromatic rings. The van der Waals surface area contributed by atoms with Crippen LogP contribution in [0.3, 0.4) is 0 Å². The van der Waals surface area contributed by atoms with Crippen molar-refractivity contribution in [1.29, 1.82) is 0 Å². The molecule has 0 aliphatic carbocycles. The zero-order chi connectivity index (χ0) is 16.5. The third-order valence-electron chi connectivity index (χ3n) is 3.62. The van der Waals surface area contributed by atoms with E-state index in [0.717, 1.165) is 24.0 Å². The Hall–Kier alpha value is -3.22. The summed E-state index contributed by atoms with van der Waals surface area (Å²) in [5, 5.41) is 0. The van der Waals surface area contributed by atoms with Crippen molar-refractivity contribution < 1.29 is 0 Å². The van der Waals surface area contributed by atoms with Crippen molar-refractivity contribution in [2.75, 3.05) is 0 Å². The van der Waals surface area contributed by atoms with Crippen LogP contribution in [0.1, 0.15) is 22.3 Å². The van der Waals surface area contributed by atoms with Crippen LogP contribution >= 0.6 is 0 Å². The van der Waals surface area contributed by atoms with E-state index in [1.54, 1.807) is 0 Å². The molecule has 0 amide bonds. The molecule has 0 N–H and O–H groups in total. The lowest BCUT2D eigenvalue weighted by molar-refractivity contribution is 1.32. The van der Waals surface area contributed by atoms with Crippen LogP contribution in [0.25, 0.3) is 0 Å². The molecule has 0 atom stereocenters. The number of benzene rings is 3. The van der Waals surface area contributed by atoms with Gasteiger partial charge in [-0.05, 0) is 35.4 Å². The molecule has 0 saturated heterocycles. The van der Waals surface area contributed by atoms with Gasteiger partial charge in [0.25, 0.3) is 0 Å². The second kappa shape index (κ2) is 8.42. The van der Waals surface area contributed by atoms with E-state index in [0.29, 0.717) is 0 Å². The van der Waals surface area contributed by atoms with Crippen molar-refractivity contribution in [2.45, 2.75) is 12.8 Å². The zero-order valence-electron chi connectivity index (χ0n) is 13.5. The Morgan fingerprint density at radius 1 is 0.458 bits per heavy atom. The molecule has 0 aliphatic heterocycles. The van der Waals surface area contributed by atoms with Crippen LogP contribution in [0.2, 0.25) is 0 Å². The van der Waals surface area contributed by atoms with Gasteiger partial charge < -0.3 is 0 Å². The van der Waals surface area contributed by atoms with E-state index in [1.807, 2.05) is 60.7 Å². The molecule has 0 fully saturated rings. The van der Waals surface area contributed by atoms with Crippen molar-refractivity contribution in [3.8, 4) is 23.7 Å². The van der Waals surface area contributed by atoms with Crippen molar-refractivity contribution in [3.05, 3.63) is 107 Å². The van der Waals surface area contributed by atoms with Crippen molar-refractivity contribution in [1.82, 2.24) is 0 Å². The number of rotatable bonds is 2. The van der Waals surface area contributed by atoms with E-state index in [1.165, 1.54) is 11.1 Å². The van der Waals surface area contributed by atoms with E-state index in [9.17, 15) is 0 Å². The molecule has 3 rings (SSSR count). The van der Waals surface area contributed by atoms with Crippen LogP contribution in [-0.2, 0) is 12.8 Å². The second-order valence-electron chi connectivity index (χ2n) is 5.51. The van der Waals surface area contributed by atoms with Gasteiger partial charge in [0.1, 0.15) is 0 Å². The van der Waals surface area contributed by atoms with Crippen LogP contribution < -0.4 is 0 Å². The standard InChI is InChI=1S/C24H18/c1-3-9-21(10-4-1)13-7-15-23-17-19-24(20-18-23)16-8-14-22-11-5-2-6-12-22/h1-6,9-12,17-20H,13-14H2. The maximum Gasteiger partial charge on any atom is 0.0344 e. The fourth-order valence-electron chi connectivity index (χ4n) is 2.33. The Labute approximate surface area is 144 Å². The zero-order valence-corrected chi connectivity index (χ0v) is 13.5.